The Bertz CT molecular complexity index is 353. The molecule has 1 saturated heterocycles. The van der Waals surface area contributed by atoms with Crippen LogP contribution in [-0.2, 0) is 4.74 Å². The maximum absolute atomic E-state index is 9.88. The van der Waals surface area contributed by atoms with Crippen LogP contribution in [-0.4, -0.2) is 49.8 Å². The second-order valence-corrected chi connectivity index (χ2v) is 5.04. The van der Waals surface area contributed by atoms with Crippen molar-refractivity contribution in [1.82, 2.24) is 10.2 Å². The molecule has 0 amide bonds. The van der Waals surface area contributed by atoms with Gasteiger partial charge < -0.3 is 15.2 Å². The number of piperazine rings is 1. The first-order valence-corrected chi connectivity index (χ1v) is 6.81. The Kier molecular flexibility index (Phi) is 6.67. The van der Waals surface area contributed by atoms with Crippen molar-refractivity contribution in [3.8, 4) is 0 Å². The van der Waals surface area contributed by atoms with Crippen molar-refractivity contribution >= 4 is 0 Å². The maximum Gasteiger partial charge on any atom is 0.118 e. The summed E-state index contributed by atoms with van der Waals surface area (Å²) < 4.78 is 5.45. The van der Waals surface area contributed by atoms with E-state index in [1.165, 1.54) is 6.08 Å². The molecule has 0 aromatic carbocycles. The molecule has 0 saturated carbocycles. The Morgan fingerprint density at radius 2 is 2.05 bits per heavy atom. The number of allylic oxidation sites excluding steroid dienone is 3. The van der Waals surface area contributed by atoms with Crippen molar-refractivity contribution in [2.45, 2.75) is 13.8 Å². The van der Waals surface area contributed by atoms with E-state index in [0.29, 0.717) is 0 Å². The van der Waals surface area contributed by atoms with Gasteiger partial charge in [-0.2, -0.15) is 0 Å². The maximum atomic E-state index is 9.88. The van der Waals surface area contributed by atoms with E-state index in [-0.39, 0.29) is 11.7 Å². The van der Waals surface area contributed by atoms with Crippen LogP contribution < -0.4 is 5.32 Å². The number of hydrogen-bond acceptors (Lipinski definition) is 4. The number of aliphatic hydroxyl groups is 1. The highest BCUT2D eigenvalue weighted by Gasteiger charge is 2.13. The summed E-state index contributed by atoms with van der Waals surface area (Å²) in [5.41, 5.74) is 0.863. The van der Waals surface area contributed by atoms with Gasteiger partial charge in [0.25, 0.3) is 0 Å². The molecule has 0 spiro atoms. The second kappa shape index (κ2) is 8.02. The van der Waals surface area contributed by atoms with Crippen LogP contribution in [0.15, 0.2) is 35.8 Å². The Balaban J connectivity index is 2.80. The van der Waals surface area contributed by atoms with E-state index < -0.39 is 0 Å². The molecule has 4 nitrogen and oxygen atoms in total. The standard InChI is InChI=1S/C15H26N2O2/c1-5-15(18)14(12(2)3)10-13(19-4)11-17-8-6-16-7-9-17/h5,10,12,16,18H,1,6-9,11H2,2-4H3/b13-10+,15-14-. The number of aliphatic hydroxyl groups excluding tert-OH is 1. The summed E-state index contributed by atoms with van der Waals surface area (Å²) in [4.78, 5) is 2.34. The third-order valence-corrected chi connectivity index (χ3v) is 3.28. The predicted octanol–water partition coefficient (Wildman–Crippen LogP) is 2.08. The molecule has 1 rings (SSSR count). The molecule has 0 atom stereocenters. The highest BCUT2D eigenvalue weighted by Crippen LogP contribution is 2.18. The predicted molar refractivity (Wildman–Crippen MR) is 79.1 cm³/mol. The van der Waals surface area contributed by atoms with Crippen molar-refractivity contribution in [3.63, 3.8) is 0 Å². The van der Waals surface area contributed by atoms with Gasteiger partial charge in [0, 0.05) is 26.2 Å². The van der Waals surface area contributed by atoms with Crippen LogP contribution >= 0.6 is 0 Å². The molecular weight excluding hydrogens is 240 g/mol. The Labute approximate surface area is 116 Å². The number of hydrogen-bond donors (Lipinski definition) is 2. The molecule has 1 heterocycles. The van der Waals surface area contributed by atoms with Gasteiger partial charge in [-0.25, -0.2) is 0 Å². The van der Waals surface area contributed by atoms with Crippen LogP contribution in [0.1, 0.15) is 13.8 Å². The molecule has 1 fully saturated rings. The minimum Gasteiger partial charge on any atom is -0.508 e. The molecular formula is C15H26N2O2. The SMILES string of the molecule is C=C/C(O)=C(\C=C(/CN1CCNCC1)OC)C(C)C. The van der Waals surface area contributed by atoms with E-state index >= 15 is 0 Å². The van der Waals surface area contributed by atoms with Gasteiger partial charge in [-0.15, -0.1) is 0 Å². The summed E-state index contributed by atoms with van der Waals surface area (Å²) in [5, 5.41) is 13.2. The molecule has 0 aromatic rings. The van der Waals surface area contributed by atoms with Crippen molar-refractivity contribution < 1.29 is 9.84 Å². The number of rotatable bonds is 6. The topological polar surface area (TPSA) is 44.7 Å². The number of nitrogens with one attached hydrogen (secondary N) is 1. The van der Waals surface area contributed by atoms with Gasteiger partial charge in [0.2, 0.25) is 0 Å². The molecule has 0 aliphatic carbocycles. The van der Waals surface area contributed by atoms with Crippen LogP contribution in [0.25, 0.3) is 0 Å². The van der Waals surface area contributed by atoms with E-state index in [9.17, 15) is 5.11 Å². The first-order valence-electron chi connectivity index (χ1n) is 6.81. The third-order valence-electron chi connectivity index (χ3n) is 3.28. The van der Waals surface area contributed by atoms with Crippen LogP contribution in [0.5, 0.6) is 0 Å². The fourth-order valence-electron chi connectivity index (χ4n) is 2.09. The molecule has 0 bridgehead atoms. The first-order chi connectivity index (χ1) is 9.08. The highest BCUT2D eigenvalue weighted by atomic mass is 16.5. The number of nitrogens with zero attached hydrogens (tertiary/aromatic N) is 1. The second-order valence-electron chi connectivity index (χ2n) is 5.04. The molecule has 4 heteroatoms. The van der Waals surface area contributed by atoms with Gasteiger partial charge in [0.15, 0.2) is 0 Å². The molecule has 1 aliphatic heterocycles. The van der Waals surface area contributed by atoms with Crippen LogP contribution in [0.2, 0.25) is 0 Å². The van der Waals surface area contributed by atoms with Crippen molar-refractivity contribution in [2.24, 2.45) is 5.92 Å². The molecule has 0 radical (unpaired) electrons. The number of ether oxygens (including phenoxy) is 1. The van der Waals surface area contributed by atoms with Crippen molar-refractivity contribution in [2.75, 3.05) is 39.8 Å². The van der Waals surface area contributed by atoms with E-state index in [1.54, 1.807) is 7.11 Å². The summed E-state index contributed by atoms with van der Waals surface area (Å²) in [6.45, 7) is 12.6. The van der Waals surface area contributed by atoms with Crippen LogP contribution in [0, 0.1) is 5.92 Å². The molecule has 19 heavy (non-hydrogen) atoms. The largest absolute Gasteiger partial charge is 0.508 e. The molecule has 1 aliphatic rings. The summed E-state index contributed by atoms with van der Waals surface area (Å²) in [6, 6.07) is 0. The molecule has 0 aromatic heterocycles. The van der Waals surface area contributed by atoms with Gasteiger partial charge in [-0.1, -0.05) is 20.4 Å². The summed E-state index contributed by atoms with van der Waals surface area (Å²) >= 11 is 0. The monoisotopic (exact) mass is 266 g/mol. The van der Waals surface area contributed by atoms with Gasteiger partial charge in [-0.05, 0) is 23.6 Å². The molecule has 108 valence electrons. The Morgan fingerprint density at radius 1 is 1.42 bits per heavy atom. The lowest BCUT2D eigenvalue weighted by molar-refractivity contribution is 0.197. The minimum atomic E-state index is 0.227. The summed E-state index contributed by atoms with van der Waals surface area (Å²) in [7, 11) is 1.68. The highest BCUT2D eigenvalue weighted by molar-refractivity contribution is 5.30. The average Bonchev–Trinajstić information content (AvgIpc) is 2.43. The van der Waals surface area contributed by atoms with Gasteiger partial charge in [-0.3, -0.25) is 4.90 Å². The van der Waals surface area contributed by atoms with Gasteiger partial charge in [0.1, 0.15) is 11.5 Å². The zero-order chi connectivity index (χ0) is 14.3. The van der Waals surface area contributed by atoms with Crippen molar-refractivity contribution in [1.29, 1.82) is 0 Å². The quantitative estimate of drug-likeness (QED) is 0.571. The lowest BCUT2D eigenvalue weighted by Gasteiger charge is -2.27. The Morgan fingerprint density at radius 3 is 2.53 bits per heavy atom. The fraction of sp³-hybridized carbons (Fsp3) is 0.600. The summed E-state index contributed by atoms with van der Waals surface area (Å²) in [6.07, 6.45) is 3.41. The first kappa shape index (κ1) is 15.8. The van der Waals surface area contributed by atoms with Crippen molar-refractivity contribution in [3.05, 3.63) is 35.8 Å². The fourth-order valence-corrected chi connectivity index (χ4v) is 2.09. The Hall–Kier alpha value is -1.26. The zero-order valence-corrected chi connectivity index (χ0v) is 12.3. The van der Waals surface area contributed by atoms with E-state index in [2.05, 4.69) is 16.8 Å². The van der Waals surface area contributed by atoms with E-state index in [0.717, 1.165) is 44.1 Å². The number of methoxy groups -OCH3 is 1. The zero-order valence-electron chi connectivity index (χ0n) is 12.3. The minimum absolute atomic E-state index is 0.227. The lowest BCUT2D eigenvalue weighted by Crippen LogP contribution is -2.44. The van der Waals surface area contributed by atoms with E-state index in [1.807, 2.05) is 19.9 Å². The van der Waals surface area contributed by atoms with Crippen LogP contribution in [0.3, 0.4) is 0 Å². The third kappa shape index (κ3) is 5.09. The van der Waals surface area contributed by atoms with Crippen LogP contribution in [0.4, 0.5) is 0 Å². The smallest absolute Gasteiger partial charge is 0.118 e. The summed E-state index contributed by atoms with van der Waals surface area (Å²) in [5.74, 6) is 1.33. The normalized spacial score (nSPS) is 19.3. The van der Waals surface area contributed by atoms with Gasteiger partial charge >= 0.3 is 0 Å². The molecule has 2 N–H and O–H groups in total. The molecule has 0 unspecified atom stereocenters. The average molecular weight is 266 g/mol. The van der Waals surface area contributed by atoms with E-state index in [4.69, 9.17) is 4.74 Å². The lowest BCUT2D eigenvalue weighted by atomic mass is 10.0. The van der Waals surface area contributed by atoms with Gasteiger partial charge in [0.05, 0.1) is 13.7 Å².